The molecule has 30 heavy (non-hydrogen) atoms. The molecule has 1 unspecified atom stereocenters. The van der Waals surface area contributed by atoms with E-state index in [-0.39, 0.29) is 22.6 Å². The summed E-state index contributed by atoms with van der Waals surface area (Å²) in [5.74, 6) is -2.28. The van der Waals surface area contributed by atoms with Crippen LogP contribution in [0.2, 0.25) is 0 Å². The number of carbonyl (C=O) groups excluding carboxylic acids is 1. The van der Waals surface area contributed by atoms with Crippen LogP contribution >= 0.6 is 0 Å². The number of hydrogen-bond acceptors (Lipinski definition) is 4. The van der Waals surface area contributed by atoms with E-state index in [4.69, 9.17) is 0 Å². The highest BCUT2D eigenvalue weighted by Crippen LogP contribution is 2.23. The first-order valence-corrected chi connectivity index (χ1v) is 11.2. The number of nitrogens with zero attached hydrogens (tertiary/aromatic N) is 1. The van der Waals surface area contributed by atoms with Crippen molar-refractivity contribution in [3.63, 3.8) is 0 Å². The fourth-order valence-corrected chi connectivity index (χ4v) is 4.97. The first kappa shape index (κ1) is 22.3. The molecule has 2 aromatic carbocycles. The minimum Gasteiger partial charge on any atom is -0.386 e. The lowest BCUT2D eigenvalue weighted by atomic mass is 10.1. The third kappa shape index (κ3) is 4.85. The number of aliphatic hydroxyl groups excluding tert-OH is 1. The van der Waals surface area contributed by atoms with Crippen LogP contribution in [0.25, 0.3) is 0 Å². The van der Waals surface area contributed by atoms with Gasteiger partial charge in [-0.05, 0) is 43.5 Å². The quantitative estimate of drug-likeness (QED) is 0.726. The Morgan fingerprint density at radius 2 is 1.83 bits per heavy atom. The Morgan fingerprint density at radius 1 is 1.13 bits per heavy atom. The Balaban J connectivity index is 1.75. The van der Waals surface area contributed by atoms with Gasteiger partial charge in [0.15, 0.2) is 0 Å². The van der Waals surface area contributed by atoms with E-state index in [1.165, 1.54) is 16.4 Å². The van der Waals surface area contributed by atoms with Crippen molar-refractivity contribution in [3.05, 3.63) is 64.7 Å². The molecule has 0 bridgehead atoms. The molecule has 1 atom stereocenters. The third-order valence-electron chi connectivity index (χ3n) is 5.18. The highest BCUT2D eigenvalue weighted by Gasteiger charge is 2.27. The van der Waals surface area contributed by atoms with Crippen LogP contribution in [-0.2, 0) is 10.0 Å². The summed E-state index contributed by atoms with van der Waals surface area (Å²) in [4.78, 5) is 12.6. The Kier molecular flexibility index (Phi) is 6.84. The zero-order valence-corrected chi connectivity index (χ0v) is 17.4. The van der Waals surface area contributed by atoms with Gasteiger partial charge >= 0.3 is 0 Å². The summed E-state index contributed by atoms with van der Waals surface area (Å²) in [5, 5.41) is 12.6. The van der Waals surface area contributed by atoms with Gasteiger partial charge in [0.2, 0.25) is 10.0 Å². The van der Waals surface area contributed by atoms with Crippen molar-refractivity contribution < 1.29 is 27.1 Å². The van der Waals surface area contributed by atoms with Crippen molar-refractivity contribution in [2.45, 2.75) is 37.2 Å². The lowest BCUT2D eigenvalue weighted by Crippen LogP contribution is -2.36. The molecule has 2 N–H and O–H groups in total. The van der Waals surface area contributed by atoms with E-state index in [1.54, 1.807) is 13.0 Å². The predicted molar refractivity (Wildman–Crippen MR) is 107 cm³/mol. The average Bonchev–Trinajstić information content (AvgIpc) is 2.72. The van der Waals surface area contributed by atoms with E-state index >= 15 is 0 Å². The van der Waals surface area contributed by atoms with Crippen LogP contribution in [-0.4, -0.2) is 43.4 Å². The molecule has 0 spiro atoms. The molecule has 1 fully saturated rings. The standard InChI is InChI=1S/C21H24F2N2O4S/c1-14-5-7-16(30(28,29)25-9-3-2-4-10-25)12-18(14)21(27)24-13-20(26)17-8-6-15(22)11-19(17)23/h5-8,11-12,20,26H,2-4,9-10,13H2,1H3,(H,24,27). The summed E-state index contributed by atoms with van der Waals surface area (Å²) in [6.45, 7) is 2.26. The SMILES string of the molecule is Cc1ccc(S(=O)(=O)N2CCCCC2)cc1C(=O)NCC(O)c1ccc(F)cc1F. The number of hydrogen-bond donors (Lipinski definition) is 2. The number of halogens is 2. The molecule has 0 radical (unpaired) electrons. The summed E-state index contributed by atoms with van der Waals surface area (Å²) in [7, 11) is -3.70. The molecule has 3 rings (SSSR count). The fraction of sp³-hybridized carbons (Fsp3) is 0.381. The Bertz CT molecular complexity index is 1040. The fourth-order valence-electron chi connectivity index (χ4n) is 3.43. The molecule has 0 aliphatic carbocycles. The minimum atomic E-state index is -3.70. The first-order valence-electron chi connectivity index (χ1n) is 9.72. The lowest BCUT2D eigenvalue weighted by molar-refractivity contribution is 0.0913. The molecule has 6 nitrogen and oxygen atoms in total. The van der Waals surface area contributed by atoms with Crippen LogP contribution in [0.3, 0.4) is 0 Å². The molecule has 162 valence electrons. The number of sulfonamides is 1. The van der Waals surface area contributed by atoms with E-state index in [2.05, 4.69) is 5.32 Å². The zero-order valence-electron chi connectivity index (χ0n) is 16.6. The Hall–Kier alpha value is -2.36. The second-order valence-corrected chi connectivity index (χ2v) is 9.27. The molecule has 1 aliphatic heterocycles. The van der Waals surface area contributed by atoms with Crippen LogP contribution < -0.4 is 5.32 Å². The van der Waals surface area contributed by atoms with E-state index in [0.717, 1.165) is 31.4 Å². The van der Waals surface area contributed by atoms with Crippen molar-refractivity contribution in [1.29, 1.82) is 0 Å². The van der Waals surface area contributed by atoms with Gasteiger partial charge in [0.05, 0.1) is 11.0 Å². The number of benzene rings is 2. The highest BCUT2D eigenvalue weighted by molar-refractivity contribution is 7.89. The molecule has 1 amide bonds. The van der Waals surface area contributed by atoms with Gasteiger partial charge in [-0.25, -0.2) is 17.2 Å². The van der Waals surface area contributed by atoms with Crippen molar-refractivity contribution in [2.24, 2.45) is 0 Å². The second-order valence-electron chi connectivity index (χ2n) is 7.33. The maximum Gasteiger partial charge on any atom is 0.251 e. The van der Waals surface area contributed by atoms with Gasteiger partial charge in [-0.3, -0.25) is 4.79 Å². The maximum absolute atomic E-state index is 13.8. The smallest absolute Gasteiger partial charge is 0.251 e. The summed E-state index contributed by atoms with van der Waals surface area (Å²) < 4.78 is 54.0. The predicted octanol–water partition coefficient (Wildman–Crippen LogP) is 2.91. The van der Waals surface area contributed by atoms with Crippen LogP contribution in [0.15, 0.2) is 41.3 Å². The molecule has 2 aromatic rings. The van der Waals surface area contributed by atoms with E-state index in [0.29, 0.717) is 24.7 Å². The summed E-state index contributed by atoms with van der Waals surface area (Å²) in [5.41, 5.74) is 0.572. The van der Waals surface area contributed by atoms with E-state index in [9.17, 15) is 27.1 Å². The van der Waals surface area contributed by atoms with E-state index in [1.807, 2.05) is 0 Å². The summed E-state index contributed by atoms with van der Waals surface area (Å²) >= 11 is 0. The van der Waals surface area contributed by atoms with Crippen molar-refractivity contribution in [2.75, 3.05) is 19.6 Å². The molecule has 9 heteroatoms. The Morgan fingerprint density at radius 3 is 2.50 bits per heavy atom. The maximum atomic E-state index is 13.8. The Labute approximate surface area is 174 Å². The summed E-state index contributed by atoms with van der Waals surface area (Å²) in [6.07, 6.45) is 1.21. The molecule has 0 saturated carbocycles. The van der Waals surface area contributed by atoms with Crippen molar-refractivity contribution in [3.8, 4) is 0 Å². The highest BCUT2D eigenvalue weighted by atomic mass is 32.2. The van der Waals surface area contributed by atoms with Gasteiger partial charge < -0.3 is 10.4 Å². The van der Waals surface area contributed by atoms with Gasteiger partial charge in [-0.2, -0.15) is 4.31 Å². The van der Waals surface area contributed by atoms with Gasteiger partial charge in [-0.15, -0.1) is 0 Å². The van der Waals surface area contributed by atoms with Crippen LogP contribution in [0.4, 0.5) is 8.78 Å². The average molecular weight is 438 g/mol. The number of amides is 1. The molecular weight excluding hydrogens is 414 g/mol. The number of aryl methyl sites for hydroxylation is 1. The zero-order chi connectivity index (χ0) is 21.9. The molecular formula is C21H24F2N2O4S. The largest absolute Gasteiger partial charge is 0.386 e. The van der Waals surface area contributed by atoms with Gasteiger partial charge in [0.1, 0.15) is 11.6 Å². The number of carbonyl (C=O) groups is 1. The minimum absolute atomic E-state index is 0.0327. The van der Waals surface area contributed by atoms with Gasteiger partial charge in [-0.1, -0.05) is 18.6 Å². The van der Waals surface area contributed by atoms with Crippen LogP contribution in [0, 0.1) is 18.6 Å². The molecule has 0 aromatic heterocycles. The molecule has 1 aliphatic rings. The number of rotatable bonds is 6. The molecule has 1 saturated heterocycles. The first-order chi connectivity index (χ1) is 14.2. The van der Waals surface area contributed by atoms with Gasteiger partial charge in [0.25, 0.3) is 5.91 Å². The number of piperidine rings is 1. The van der Waals surface area contributed by atoms with E-state index < -0.39 is 33.7 Å². The number of nitrogens with one attached hydrogen (secondary N) is 1. The lowest BCUT2D eigenvalue weighted by Gasteiger charge is -2.26. The summed E-state index contributed by atoms with van der Waals surface area (Å²) in [6, 6.07) is 7.13. The molecule has 1 heterocycles. The second kappa shape index (κ2) is 9.20. The monoisotopic (exact) mass is 438 g/mol. The van der Waals surface area contributed by atoms with Crippen molar-refractivity contribution >= 4 is 15.9 Å². The van der Waals surface area contributed by atoms with Crippen LogP contribution in [0.5, 0.6) is 0 Å². The topological polar surface area (TPSA) is 86.7 Å². The number of aliphatic hydroxyl groups is 1. The normalized spacial score (nSPS) is 16.3. The van der Waals surface area contributed by atoms with Gasteiger partial charge in [0, 0.05) is 36.8 Å². The third-order valence-corrected chi connectivity index (χ3v) is 7.08. The van der Waals surface area contributed by atoms with Crippen LogP contribution in [0.1, 0.15) is 46.9 Å². The van der Waals surface area contributed by atoms with Crippen molar-refractivity contribution in [1.82, 2.24) is 9.62 Å².